The molecule has 3 amide bonds. The normalized spacial score (nSPS) is 17.4. The summed E-state index contributed by atoms with van der Waals surface area (Å²) in [5.74, 6) is -0.745. The van der Waals surface area contributed by atoms with Crippen LogP contribution in [0.15, 0.2) is 48.7 Å². The molecule has 0 spiro atoms. The maximum atomic E-state index is 13.7. The fraction of sp³-hybridized carbons (Fsp3) is 0.500. The Bertz CT molecular complexity index is 1020. The maximum Gasteiger partial charge on any atom is 0.247 e. The number of nitrogens with zero attached hydrogens (tertiary/aromatic N) is 2. The molecule has 0 aliphatic heterocycles. The van der Waals surface area contributed by atoms with E-state index in [9.17, 15) is 18.8 Å². The summed E-state index contributed by atoms with van der Waals surface area (Å²) in [5, 5.41) is 5.88. The lowest BCUT2D eigenvalue weighted by Gasteiger charge is -2.37. The second-order valence-corrected chi connectivity index (χ2v) is 9.80. The first kappa shape index (κ1) is 25.8. The molecular weight excluding hydrogens is 459 g/mol. The van der Waals surface area contributed by atoms with Crippen molar-refractivity contribution in [3.05, 3.63) is 60.0 Å². The first-order chi connectivity index (χ1) is 17.5. The number of halogens is 1. The van der Waals surface area contributed by atoms with Gasteiger partial charge >= 0.3 is 0 Å². The molecule has 2 N–H and O–H groups in total. The van der Waals surface area contributed by atoms with Crippen molar-refractivity contribution in [3.63, 3.8) is 0 Å². The number of rotatable bonds is 9. The van der Waals surface area contributed by atoms with Gasteiger partial charge in [0.15, 0.2) is 0 Å². The third kappa shape index (κ3) is 6.89. The highest BCUT2D eigenvalue weighted by molar-refractivity contribution is 5.94. The zero-order valence-corrected chi connectivity index (χ0v) is 20.6. The molecule has 2 fully saturated rings. The van der Waals surface area contributed by atoms with E-state index in [0.29, 0.717) is 11.4 Å². The van der Waals surface area contributed by atoms with Crippen LogP contribution in [0.4, 0.5) is 10.2 Å². The lowest BCUT2D eigenvalue weighted by Crippen LogP contribution is -2.50. The van der Waals surface area contributed by atoms with Crippen molar-refractivity contribution in [2.24, 2.45) is 0 Å². The Labute approximate surface area is 211 Å². The number of carbonyl (C=O) groups is 3. The molecule has 1 heterocycles. The molecule has 8 heteroatoms. The van der Waals surface area contributed by atoms with Gasteiger partial charge in [0.25, 0.3) is 0 Å². The number of anilines is 1. The van der Waals surface area contributed by atoms with E-state index in [1.54, 1.807) is 41.4 Å². The van der Waals surface area contributed by atoms with Gasteiger partial charge in [-0.25, -0.2) is 9.37 Å². The van der Waals surface area contributed by atoms with Gasteiger partial charge in [-0.3, -0.25) is 14.4 Å². The maximum absolute atomic E-state index is 13.7. The molecule has 0 bridgehead atoms. The molecular formula is C28H35FN4O3. The van der Waals surface area contributed by atoms with Crippen LogP contribution in [0.5, 0.6) is 0 Å². The molecule has 192 valence electrons. The number of hydrogen-bond acceptors (Lipinski definition) is 4. The molecule has 36 heavy (non-hydrogen) atoms. The van der Waals surface area contributed by atoms with E-state index in [4.69, 9.17) is 0 Å². The van der Waals surface area contributed by atoms with Crippen molar-refractivity contribution >= 4 is 23.5 Å². The van der Waals surface area contributed by atoms with Crippen LogP contribution in [-0.4, -0.2) is 39.7 Å². The number of benzene rings is 1. The number of aromatic nitrogens is 1. The molecule has 0 radical (unpaired) electrons. The SMILES string of the molecule is O=C(CCC(=O)N(C1CCCC1)C(C(=O)NC1CCCCC1)c1ccc(F)cc1)Nc1ccccn1. The summed E-state index contributed by atoms with van der Waals surface area (Å²) < 4.78 is 13.7. The number of hydrogen-bond donors (Lipinski definition) is 2. The van der Waals surface area contributed by atoms with Gasteiger partial charge in [0.2, 0.25) is 17.7 Å². The largest absolute Gasteiger partial charge is 0.351 e. The minimum absolute atomic E-state index is 0.0149. The van der Waals surface area contributed by atoms with Gasteiger partial charge in [-0.1, -0.05) is 50.3 Å². The minimum atomic E-state index is -0.859. The van der Waals surface area contributed by atoms with Crippen LogP contribution >= 0.6 is 0 Å². The van der Waals surface area contributed by atoms with E-state index in [0.717, 1.165) is 51.4 Å². The third-order valence-corrected chi connectivity index (χ3v) is 7.17. The summed E-state index contributed by atoms with van der Waals surface area (Å²) in [6.45, 7) is 0. The highest BCUT2D eigenvalue weighted by Crippen LogP contribution is 2.33. The van der Waals surface area contributed by atoms with Crippen molar-refractivity contribution in [1.29, 1.82) is 0 Å². The van der Waals surface area contributed by atoms with Crippen molar-refractivity contribution < 1.29 is 18.8 Å². The summed E-state index contributed by atoms with van der Waals surface area (Å²) in [5.41, 5.74) is 0.586. The van der Waals surface area contributed by atoms with Crippen molar-refractivity contribution in [2.45, 2.75) is 88.8 Å². The lowest BCUT2D eigenvalue weighted by molar-refractivity contribution is -0.144. The van der Waals surface area contributed by atoms with Gasteiger partial charge in [-0.2, -0.15) is 0 Å². The number of pyridine rings is 1. The first-order valence-electron chi connectivity index (χ1n) is 13.1. The predicted octanol–water partition coefficient (Wildman–Crippen LogP) is 4.90. The highest BCUT2D eigenvalue weighted by atomic mass is 19.1. The standard InChI is InChI=1S/C28H35FN4O3/c29-21-15-13-20(14-16-21)27(28(36)31-22-8-2-1-3-9-22)33(23-10-4-5-11-23)26(35)18-17-25(34)32-24-12-6-7-19-30-24/h6-7,12-16,19,22-23,27H,1-5,8-11,17-18H2,(H,31,36)(H,30,32,34). The van der Waals surface area contributed by atoms with Gasteiger partial charge in [0, 0.05) is 31.1 Å². The molecule has 2 aromatic rings. The lowest BCUT2D eigenvalue weighted by atomic mass is 9.94. The van der Waals surface area contributed by atoms with Gasteiger partial charge in [-0.15, -0.1) is 0 Å². The van der Waals surface area contributed by atoms with Crippen LogP contribution in [0.25, 0.3) is 0 Å². The average molecular weight is 495 g/mol. The van der Waals surface area contributed by atoms with Crippen LogP contribution in [-0.2, 0) is 14.4 Å². The molecule has 2 aliphatic rings. The molecule has 2 saturated carbocycles. The van der Waals surface area contributed by atoms with Gasteiger partial charge in [0.05, 0.1) is 0 Å². The average Bonchev–Trinajstić information content (AvgIpc) is 3.42. The van der Waals surface area contributed by atoms with Crippen LogP contribution < -0.4 is 10.6 Å². The van der Waals surface area contributed by atoms with E-state index in [1.807, 2.05) is 0 Å². The Kier molecular flexibility index (Phi) is 9.03. The quantitative estimate of drug-likeness (QED) is 0.519. The fourth-order valence-corrected chi connectivity index (χ4v) is 5.34. The van der Waals surface area contributed by atoms with E-state index >= 15 is 0 Å². The number of carbonyl (C=O) groups excluding carboxylic acids is 3. The second-order valence-electron chi connectivity index (χ2n) is 9.80. The molecule has 0 saturated heterocycles. The van der Waals surface area contributed by atoms with Crippen molar-refractivity contribution in [1.82, 2.24) is 15.2 Å². The molecule has 1 aromatic heterocycles. The topological polar surface area (TPSA) is 91.4 Å². The zero-order valence-electron chi connectivity index (χ0n) is 20.6. The summed E-state index contributed by atoms with van der Waals surface area (Å²) in [4.78, 5) is 45.6. The summed E-state index contributed by atoms with van der Waals surface area (Å²) >= 11 is 0. The summed E-state index contributed by atoms with van der Waals surface area (Å²) in [7, 11) is 0. The molecule has 4 rings (SSSR count). The van der Waals surface area contributed by atoms with Crippen molar-refractivity contribution in [3.8, 4) is 0 Å². The molecule has 2 aliphatic carbocycles. The Hall–Kier alpha value is -3.29. The predicted molar refractivity (Wildman–Crippen MR) is 135 cm³/mol. The number of amides is 3. The van der Waals surface area contributed by atoms with Gasteiger partial charge in [0.1, 0.15) is 17.7 Å². The molecule has 7 nitrogen and oxygen atoms in total. The molecule has 1 unspecified atom stereocenters. The Morgan fingerprint density at radius 1 is 0.917 bits per heavy atom. The van der Waals surface area contributed by atoms with Crippen LogP contribution in [0.2, 0.25) is 0 Å². The van der Waals surface area contributed by atoms with E-state index in [1.165, 1.54) is 18.6 Å². The highest BCUT2D eigenvalue weighted by Gasteiger charge is 2.38. The fourth-order valence-electron chi connectivity index (χ4n) is 5.34. The van der Waals surface area contributed by atoms with Crippen LogP contribution in [0, 0.1) is 5.82 Å². The minimum Gasteiger partial charge on any atom is -0.351 e. The van der Waals surface area contributed by atoms with Crippen LogP contribution in [0.1, 0.15) is 82.2 Å². The summed E-state index contributed by atoms with van der Waals surface area (Å²) in [6.07, 6.45) is 10.3. The Balaban J connectivity index is 1.53. The van der Waals surface area contributed by atoms with Crippen molar-refractivity contribution in [2.75, 3.05) is 5.32 Å². The van der Waals surface area contributed by atoms with E-state index in [2.05, 4.69) is 15.6 Å². The zero-order chi connectivity index (χ0) is 25.3. The monoisotopic (exact) mass is 494 g/mol. The molecule has 1 atom stereocenters. The first-order valence-corrected chi connectivity index (χ1v) is 13.1. The Morgan fingerprint density at radius 3 is 2.28 bits per heavy atom. The summed E-state index contributed by atoms with van der Waals surface area (Å²) in [6, 6.07) is 10.2. The van der Waals surface area contributed by atoms with Crippen LogP contribution in [0.3, 0.4) is 0 Å². The number of nitrogens with one attached hydrogen (secondary N) is 2. The second kappa shape index (κ2) is 12.6. The van der Waals surface area contributed by atoms with E-state index in [-0.39, 0.29) is 42.6 Å². The van der Waals surface area contributed by atoms with E-state index < -0.39 is 11.9 Å². The van der Waals surface area contributed by atoms with Gasteiger partial charge in [-0.05, 0) is 55.5 Å². The Morgan fingerprint density at radius 2 is 1.61 bits per heavy atom. The third-order valence-electron chi connectivity index (χ3n) is 7.17. The molecule has 1 aromatic carbocycles. The smallest absolute Gasteiger partial charge is 0.247 e. The van der Waals surface area contributed by atoms with Gasteiger partial charge < -0.3 is 15.5 Å².